The van der Waals surface area contributed by atoms with Crippen LogP contribution in [-0.2, 0) is 13.6 Å². The summed E-state index contributed by atoms with van der Waals surface area (Å²) in [6.45, 7) is 0.683. The van der Waals surface area contributed by atoms with Gasteiger partial charge in [-0.25, -0.2) is 0 Å². The molecule has 0 aliphatic heterocycles. The molecule has 3 rings (SSSR count). The molecule has 1 saturated carbocycles. The average Bonchev–Trinajstić information content (AvgIpc) is 2.50. The van der Waals surface area contributed by atoms with E-state index in [2.05, 4.69) is 11.4 Å². The van der Waals surface area contributed by atoms with Gasteiger partial charge in [0.25, 0.3) is 5.56 Å². The number of aromatic nitrogens is 1. The highest BCUT2D eigenvalue weighted by Gasteiger charge is 2.13. The summed E-state index contributed by atoms with van der Waals surface area (Å²) in [6, 6.07) is 10.7. The van der Waals surface area contributed by atoms with Crippen LogP contribution in [0, 0.1) is 0 Å². The molecule has 1 aromatic heterocycles. The Kier molecular flexibility index (Phi) is 3.88. The summed E-state index contributed by atoms with van der Waals surface area (Å²) in [5.74, 6) is 0. The Bertz CT molecular complexity index is 654. The van der Waals surface area contributed by atoms with Crippen LogP contribution in [0.5, 0.6) is 0 Å². The molecule has 1 N–H and O–H groups in total. The lowest BCUT2D eigenvalue weighted by atomic mass is 9.95. The third-order valence-corrected chi connectivity index (χ3v) is 4.39. The second kappa shape index (κ2) is 5.80. The molecule has 0 amide bonds. The monoisotopic (exact) mass is 270 g/mol. The summed E-state index contributed by atoms with van der Waals surface area (Å²) >= 11 is 0. The molecule has 0 atom stereocenters. The number of nitrogens with one attached hydrogen (secondary N) is 1. The van der Waals surface area contributed by atoms with Crippen molar-refractivity contribution in [1.29, 1.82) is 0 Å². The lowest BCUT2D eigenvalue weighted by molar-refractivity contribution is 0.371. The molecule has 0 bridgehead atoms. The van der Waals surface area contributed by atoms with Crippen LogP contribution in [0.2, 0.25) is 0 Å². The second-order valence-electron chi connectivity index (χ2n) is 5.81. The summed E-state index contributed by atoms with van der Waals surface area (Å²) in [5.41, 5.74) is 1.99. The van der Waals surface area contributed by atoms with Gasteiger partial charge in [0.2, 0.25) is 0 Å². The normalized spacial score (nSPS) is 16.6. The zero-order valence-electron chi connectivity index (χ0n) is 12.1. The van der Waals surface area contributed by atoms with E-state index in [1.165, 1.54) is 32.1 Å². The van der Waals surface area contributed by atoms with Crippen molar-refractivity contribution in [3.05, 3.63) is 46.2 Å². The van der Waals surface area contributed by atoms with Gasteiger partial charge in [0.15, 0.2) is 0 Å². The quantitative estimate of drug-likeness (QED) is 0.930. The summed E-state index contributed by atoms with van der Waals surface area (Å²) < 4.78 is 1.76. The molecule has 1 aromatic carbocycles. The van der Waals surface area contributed by atoms with Crippen molar-refractivity contribution < 1.29 is 0 Å². The largest absolute Gasteiger partial charge is 0.311 e. The maximum atomic E-state index is 12.4. The van der Waals surface area contributed by atoms with Crippen LogP contribution >= 0.6 is 0 Å². The van der Waals surface area contributed by atoms with Gasteiger partial charge in [0.05, 0.1) is 5.52 Å². The van der Waals surface area contributed by atoms with E-state index in [1.807, 2.05) is 31.3 Å². The van der Waals surface area contributed by atoms with E-state index in [4.69, 9.17) is 0 Å². The van der Waals surface area contributed by atoms with Gasteiger partial charge in [0.1, 0.15) is 0 Å². The van der Waals surface area contributed by atoms with Gasteiger partial charge in [-0.3, -0.25) is 4.79 Å². The van der Waals surface area contributed by atoms with E-state index >= 15 is 0 Å². The number of hydrogen-bond donors (Lipinski definition) is 1. The van der Waals surface area contributed by atoms with Crippen molar-refractivity contribution in [2.45, 2.75) is 44.7 Å². The minimum absolute atomic E-state index is 0.118. The van der Waals surface area contributed by atoms with Crippen LogP contribution in [0.15, 0.2) is 35.1 Å². The molecule has 1 aliphatic carbocycles. The van der Waals surface area contributed by atoms with Gasteiger partial charge in [-0.05, 0) is 30.4 Å². The molecular weight excluding hydrogens is 248 g/mol. The number of nitrogens with zero attached hydrogens (tertiary/aromatic N) is 1. The standard InChI is InChI=1S/C17H22N2O/c1-19-16-10-6-5-7-13(16)11-14(17(19)20)12-18-15-8-3-2-4-9-15/h5-7,10-11,15,18H,2-4,8-9,12H2,1H3. The first kappa shape index (κ1) is 13.4. The highest BCUT2D eigenvalue weighted by atomic mass is 16.1. The summed E-state index contributed by atoms with van der Waals surface area (Å²) in [6.07, 6.45) is 6.47. The molecule has 3 heteroatoms. The van der Waals surface area contributed by atoms with Gasteiger partial charge in [-0.2, -0.15) is 0 Å². The van der Waals surface area contributed by atoms with E-state index in [9.17, 15) is 4.79 Å². The Hall–Kier alpha value is -1.61. The molecule has 0 spiro atoms. The molecule has 1 aliphatic rings. The average molecular weight is 270 g/mol. The lowest BCUT2D eigenvalue weighted by Gasteiger charge is -2.23. The maximum Gasteiger partial charge on any atom is 0.255 e. The molecule has 3 nitrogen and oxygen atoms in total. The van der Waals surface area contributed by atoms with E-state index in [1.54, 1.807) is 4.57 Å². The molecule has 1 fully saturated rings. The molecule has 106 valence electrons. The first-order valence-corrected chi connectivity index (χ1v) is 7.57. The van der Waals surface area contributed by atoms with Crippen LogP contribution in [0.4, 0.5) is 0 Å². The van der Waals surface area contributed by atoms with Crippen LogP contribution in [0.3, 0.4) is 0 Å². The van der Waals surface area contributed by atoms with Crippen LogP contribution < -0.4 is 10.9 Å². The smallest absolute Gasteiger partial charge is 0.255 e. The Morgan fingerprint density at radius 1 is 1.20 bits per heavy atom. The predicted octanol–water partition coefficient (Wildman–Crippen LogP) is 2.96. The topological polar surface area (TPSA) is 34.0 Å². The van der Waals surface area contributed by atoms with Crippen molar-refractivity contribution in [3.8, 4) is 0 Å². The zero-order chi connectivity index (χ0) is 13.9. The fourth-order valence-corrected chi connectivity index (χ4v) is 3.18. The minimum Gasteiger partial charge on any atom is -0.311 e. The van der Waals surface area contributed by atoms with Gasteiger partial charge in [0, 0.05) is 25.2 Å². The maximum absolute atomic E-state index is 12.4. The first-order chi connectivity index (χ1) is 9.75. The summed E-state index contributed by atoms with van der Waals surface area (Å²) in [7, 11) is 1.86. The highest BCUT2D eigenvalue weighted by molar-refractivity contribution is 5.79. The number of hydrogen-bond acceptors (Lipinski definition) is 2. The molecule has 2 aromatic rings. The lowest BCUT2D eigenvalue weighted by Crippen LogP contribution is -2.33. The number of rotatable bonds is 3. The molecular formula is C17H22N2O. The molecule has 0 unspecified atom stereocenters. The van der Waals surface area contributed by atoms with Gasteiger partial charge < -0.3 is 9.88 Å². The second-order valence-corrected chi connectivity index (χ2v) is 5.81. The van der Waals surface area contributed by atoms with Gasteiger partial charge in [-0.15, -0.1) is 0 Å². The Morgan fingerprint density at radius 2 is 1.95 bits per heavy atom. The van der Waals surface area contributed by atoms with Gasteiger partial charge >= 0.3 is 0 Å². The third kappa shape index (κ3) is 2.63. The third-order valence-electron chi connectivity index (χ3n) is 4.39. The number of aryl methyl sites for hydroxylation is 1. The van der Waals surface area contributed by atoms with Crippen molar-refractivity contribution in [1.82, 2.24) is 9.88 Å². The van der Waals surface area contributed by atoms with Crippen molar-refractivity contribution in [2.75, 3.05) is 0 Å². The minimum atomic E-state index is 0.118. The van der Waals surface area contributed by atoms with Gasteiger partial charge in [-0.1, -0.05) is 37.5 Å². The Morgan fingerprint density at radius 3 is 2.75 bits per heavy atom. The predicted molar refractivity (Wildman–Crippen MR) is 82.9 cm³/mol. The summed E-state index contributed by atoms with van der Waals surface area (Å²) in [4.78, 5) is 12.4. The highest BCUT2D eigenvalue weighted by Crippen LogP contribution is 2.18. The van der Waals surface area contributed by atoms with Crippen molar-refractivity contribution in [3.63, 3.8) is 0 Å². The Labute approximate surface area is 119 Å². The SMILES string of the molecule is Cn1c(=O)c(CNC2CCCCC2)cc2ccccc21. The fourth-order valence-electron chi connectivity index (χ4n) is 3.18. The van der Waals surface area contributed by atoms with E-state index < -0.39 is 0 Å². The molecule has 1 heterocycles. The zero-order valence-corrected chi connectivity index (χ0v) is 12.1. The van der Waals surface area contributed by atoms with Crippen LogP contribution in [0.1, 0.15) is 37.7 Å². The number of fused-ring (bicyclic) bond motifs is 1. The van der Waals surface area contributed by atoms with Crippen LogP contribution in [0.25, 0.3) is 10.9 Å². The van der Waals surface area contributed by atoms with Crippen molar-refractivity contribution in [2.24, 2.45) is 7.05 Å². The number of para-hydroxylation sites is 1. The van der Waals surface area contributed by atoms with E-state index in [0.29, 0.717) is 12.6 Å². The van der Waals surface area contributed by atoms with Crippen molar-refractivity contribution >= 4 is 10.9 Å². The number of pyridine rings is 1. The summed E-state index contributed by atoms with van der Waals surface area (Å²) in [5, 5.41) is 4.69. The fraction of sp³-hybridized carbons (Fsp3) is 0.471. The molecule has 0 saturated heterocycles. The van der Waals surface area contributed by atoms with Crippen LogP contribution in [-0.4, -0.2) is 10.6 Å². The van der Waals surface area contributed by atoms with E-state index in [0.717, 1.165) is 16.5 Å². The number of benzene rings is 1. The molecule has 0 radical (unpaired) electrons. The first-order valence-electron chi connectivity index (χ1n) is 7.57. The van der Waals surface area contributed by atoms with E-state index in [-0.39, 0.29) is 5.56 Å². The molecule has 20 heavy (non-hydrogen) atoms. The Balaban J connectivity index is 1.84.